The van der Waals surface area contributed by atoms with Crippen LogP contribution in [0, 0.1) is 5.92 Å². The molecule has 2 heteroatoms. The highest BCUT2D eigenvalue weighted by Crippen LogP contribution is 2.43. The first kappa shape index (κ1) is 14.5. The van der Waals surface area contributed by atoms with Gasteiger partial charge in [-0.2, -0.15) is 0 Å². The van der Waals surface area contributed by atoms with E-state index in [4.69, 9.17) is 0 Å². The van der Waals surface area contributed by atoms with E-state index in [1.165, 1.54) is 37.9 Å². The van der Waals surface area contributed by atoms with Gasteiger partial charge >= 0.3 is 0 Å². The molecule has 2 fully saturated rings. The van der Waals surface area contributed by atoms with Crippen molar-refractivity contribution >= 4 is 0 Å². The third kappa shape index (κ3) is 4.63. The zero-order valence-electron chi connectivity index (χ0n) is 12.6. The summed E-state index contributed by atoms with van der Waals surface area (Å²) < 4.78 is 0. The lowest BCUT2D eigenvalue weighted by Gasteiger charge is -2.17. The zero-order chi connectivity index (χ0) is 13.7. The van der Waals surface area contributed by atoms with Gasteiger partial charge in [0.1, 0.15) is 0 Å². The van der Waals surface area contributed by atoms with Crippen LogP contribution in [0.15, 0.2) is 30.3 Å². The number of nitrogens with zero attached hydrogens (tertiary/aromatic N) is 1. The van der Waals surface area contributed by atoms with Crippen molar-refractivity contribution < 1.29 is 0 Å². The van der Waals surface area contributed by atoms with Crippen molar-refractivity contribution in [2.24, 2.45) is 5.92 Å². The van der Waals surface area contributed by atoms with Crippen molar-refractivity contribution in [3.8, 4) is 0 Å². The maximum Gasteiger partial charge on any atom is 0.0165 e. The summed E-state index contributed by atoms with van der Waals surface area (Å²) in [5, 5.41) is 3.33. The summed E-state index contributed by atoms with van der Waals surface area (Å²) in [6.07, 6.45) is 4.13. The van der Waals surface area contributed by atoms with Crippen molar-refractivity contribution in [1.82, 2.24) is 10.2 Å². The summed E-state index contributed by atoms with van der Waals surface area (Å²) in [5.74, 6) is 1.72. The average Bonchev–Trinajstić information content (AvgIpc) is 3.22. The van der Waals surface area contributed by atoms with Gasteiger partial charge in [0, 0.05) is 12.0 Å². The highest BCUT2D eigenvalue weighted by molar-refractivity contribution is 5.27. The van der Waals surface area contributed by atoms with Crippen LogP contribution in [0.4, 0.5) is 0 Å². The average molecular weight is 260 g/mol. The predicted octanol–water partition coefficient (Wildman–Crippen LogP) is 3.11. The molecule has 1 N–H and O–H groups in total. The van der Waals surface area contributed by atoms with Crippen molar-refractivity contribution in [1.29, 1.82) is 0 Å². The van der Waals surface area contributed by atoms with Gasteiger partial charge in [-0.05, 0) is 57.9 Å². The third-order valence-corrected chi connectivity index (χ3v) is 4.19. The van der Waals surface area contributed by atoms with Crippen molar-refractivity contribution in [2.75, 3.05) is 27.2 Å². The number of nitrogens with one attached hydrogen (secondary N) is 1. The molecular formula is C17H28N2. The van der Waals surface area contributed by atoms with Crippen LogP contribution >= 0.6 is 0 Å². The Hall–Kier alpha value is -0.860. The van der Waals surface area contributed by atoms with E-state index in [9.17, 15) is 0 Å². The third-order valence-electron chi connectivity index (χ3n) is 4.19. The van der Waals surface area contributed by atoms with Gasteiger partial charge in [0.05, 0.1) is 0 Å². The molecule has 2 aliphatic rings. The summed E-state index contributed by atoms with van der Waals surface area (Å²) in [4.78, 5) is 2.32. The van der Waals surface area contributed by atoms with E-state index < -0.39 is 0 Å². The molecule has 19 heavy (non-hydrogen) atoms. The number of hydrogen-bond donors (Lipinski definition) is 1. The topological polar surface area (TPSA) is 15.3 Å². The van der Waals surface area contributed by atoms with Gasteiger partial charge in [-0.25, -0.2) is 0 Å². The van der Waals surface area contributed by atoms with Gasteiger partial charge in [-0.15, -0.1) is 0 Å². The Morgan fingerprint density at radius 2 is 1.89 bits per heavy atom. The van der Waals surface area contributed by atoms with Gasteiger partial charge < -0.3 is 10.2 Å². The van der Waals surface area contributed by atoms with E-state index in [2.05, 4.69) is 61.6 Å². The van der Waals surface area contributed by atoms with E-state index in [0.717, 1.165) is 17.9 Å². The van der Waals surface area contributed by atoms with E-state index >= 15 is 0 Å². The summed E-state index contributed by atoms with van der Waals surface area (Å²) in [5.41, 5.74) is 1.50. The van der Waals surface area contributed by atoms with Crippen LogP contribution in [0.1, 0.15) is 37.7 Å². The molecular weight excluding hydrogens is 232 g/mol. The molecule has 3 atom stereocenters. The Morgan fingerprint density at radius 3 is 2.32 bits per heavy atom. The van der Waals surface area contributed by atoms with E-state index in [1.54, 1.807) is 0 Å². The minimum Gasteiger partial charge on any atom is -0.316 e. The summed E-state index contributed by atoms with van der Waals surface area (Å²) >= 11 is 0. The summed E-state index contributed by atoms with van der Waals surface area (Å²) in [7, 11) is 4.32. The molecule has 1 aromatic carbocycles. The molecule has 0 spiro atoms. The number of likely N-dealkylation sites (N-methyl/N-ethyl adjacent to an activating group) is 1. The smallest absolute Gasteiger partial charge is 0.0165 e. The fourth-order valence-electron chi connectivity index (χ4n) is 2.84. The van der Waals surface area contributed by atoms with E-state index in [0.29, 0.717) is 0 Å². The lowest BCUT2D eigenvalue weighted by atomic mass is 10.0. The van der Waals surface area contributed by atoms with E-state index in [1.807, 2.05) is 0 Å². The highest BCUT2D eigenvalue weighted by Gasteiger charge is 2.39. The molecule has 3 unspecified atom stereocenters. The van der Waals surface area contributed by atoms with Crippen LogP contribution in [0.5, 0.6) is 0 Å². The first-order chi connectivity index (χ1) is 9.18. The lowest BCUT2D eigenvalue weighted by Crippen LogP contribution is -2.27. The minimum absolute atomic E-state index is 0.785. The molecule has 1 aliphatic heterocycles. The standard InChI is InChI=1S/C11H15N.C6H13N/c1-12(2)11-8-10(11)9-6-4-3-5-7-9;1-6-3-2-4-7-5-6/h3-7,10-11H,8H2,1-2H3;6-7H,2-5H2,1H3. The second-order valence-corrected chi connectivity index (χ2v) is 6.24. The Kier molecular flexibility index (Phi) is 5.41. The van der Waals surface area contributed by atoms with Crippen molar-refractivity contribution in [3.63, 3.8) is 0 Å². The van der Waals surface area contributed by atoms with Crippen LogP contribution < -0.4 is 5.32 Å². The fraction of sp³-hybridized carbons (Fsp3) is 0.647. The molecule has 106 valence electrons. The minimum atomic E-state index is 0.785. The monoisotopic (exact) mass is 260 g/mol. The van der Waals surface area contributed by atoms with Gasteiger partial charge in [-0.1, -0.05) is 37.3 Å². The Balaban J connectivity index is 0.000000163. The molecule has 0 aromatic heterocycles. The Bertz CT molecular complexity index is 355. The van der Waals surface area contributed by atoms with E-state index in [-0.39, 0.29) is 0 Å². The van der Waals surface area contributed by atoms with Gasteiger partial charge in [0.15, 0.2) is 0 Å². The van der Waals surface area contributed by atoms with Crippen LogP contribution in [0.3, 0.4) is 0 Å². The van der Waals surface area contributed by atoms with Crippen molar-refractivity contribution in [3.05, 3.63) is 35.9 Å². The van der Waals surface area contributed by atoms with Crippen LogP contribution in [0.25, 0.3) is 0 Å². The maximum atomic E-state index is 3.33. The highest BCUT2D eigenvalue weighted by atomic mass is 15.1. The molecule has 0 bridgehead atoms. The number of rotatable bonds is 2. The molecule has 0 amide bonds. The Labute approximate surface area is 118 Å². The lowest BCUT2D eigenvalue weighted by molar-refractivity contribution is 0.391. The van der Waals surface area contributed by atoms with Crippen LogP contribution in [0.2, 0.25) is 0 Å². The fourth-order valence-corrected chi connectivity index (χ4v) is 2.84. The maximum absolute atomic E-state index is 3.33. The van der Waals surface area contributed by atoms with Gasteiger partial charge in [-0.3, -0.25) is 0 Å². The summed E-state index contributed by atoms with van der Waals surface area (Å²) in [6.45, 7) is 4.77. The van der Waals surface area contributed by atoms with Crippen LogP contribution in [-0.2, 0) is 0 Å². The number of piperidine rings is 1. The number of hydrogen-bond acceptors (Lipinski definition) is 2. The first-order valence-corrected chi connectivity index (χ1v) is 7.60. The molecule has 1 saturated carbocycles. The molecule has 1 aliphatic carbocycles. The predicted molar refractivity (Wildman–Crippen MR) is 82.5 cm³/mol. The normalized spacial score (nSPS) is 29.6. The molecule has 3 rings (SSSR count). The quantitative estimate of drug-likeness (QED) is 0.879. The van der Waals surface area contributed by atoms with Gasteiger partial charge in [0.25, 0.3) is 0 Å². The zero-order valence-corrected chi connectivity index (χ0v) is 12.6. The SMILES string of the molecule is CC1CCCNC1.CN(C)C1CC1c1ccccc1. The van der Waals surface area contributed by atoms with Crippen molar-refractivity contribution in [2.45, 2.75) is 38.1 Å². The Morgan fingerprint density at radius 1 is 1.16 bits per heavy atom. The molecule has 1 heterocycles. The number of benzene rings is 1. The largest absolute Gasteiger partial charge is 0.316 e. The second-order valence-electron chi connectivity index (χ2n) is 6.24. The molecule has 1 saturated heterocycles. The summed E-state index contributed by atoms with van der Waals surface area (Å²) in [6, 6.07) is 11.6. The first-order valence-electron chi connectivity index (χ1n) is 7.60. The molecule has 2 nitrogen and oxygen atoms in total. The molecule has 1 aromatic rings. The molecule has 0 radical (unpaired) electrons. The van der Waals surface area contributed by atoms with Gasteiger partial charge in [0.2, 0.25) is 0 Å². The van der Waals surface area contributed by atoms with Crippen LogP contribution in [-0.4, -0.2) is 38.1 Å². The second kappa shape index (κ2) is 7.06.